The van der Waals surface area contributed by atoms with Crippen molar-refractivity contribution in [2.24, 2.45) is 5.41 Å². The van der Waals surface area contributed by atoms with Gasteiger partial charge in [0, 0.05) is 24.7 Å². The van der Waals surface area contributed by atoms with Crippen LogP contribution in [-0.4, -0.2) is 47.7 Å². The lowest BCUT2D eigenvalue weighted by molar-refractivity contribution is -0.142. The molecular weight excluding hydrogens is 414 g/mol. The van der Waals surface area contributed by atoms with Gasteiger partial charge in [-0.25, -0.2) is 4.79 Å². The summed E-state index contributed by atoms with van der Waals surface area (Å²) >= 11 is 6.69. The van der Waals surface area contributed by atoms with Gasteiger partial charge in [0.2, 0.25) is 0 Å². The number of nitrogens with zero attached hydrogens (tertiary/aromatic N) is 1. The van der Waals surface area contributed by atoms with E-state index in [2.05, 4.69) is 12.1 Å². The van der Waals surface area contributed by atoms with Crippen molar-refractivity contribution in [3.8, 4) is 11.1 Å². The molecule has 3 fully saturated rings. The van der Waals surface area contributed by atoms with Crippen molar-refractivity contribution in [1.29, 1.82) is 0 Å². The maximum Gasteiger partial charge on any atom is 0.335 e. The lowest BCUT2D eigenvalue weighted by Gasteiger charge is -2.34. The molecule has 2 atom stereocenters. The Balaban J connectivity index is 1.25. The standard InChI is InChI=1S/C25H26ClNO4/c26-21-14-18(16-3-5-17(6-4-16)24(29)30)7-8-19(21)20-15-25(20)9-11-27(12-10-25)23(28)22-2-1-13-31-22/h3-8,14,20,22H,1-2,9-13,15H2,(H,29,30)/t20-,22+/m0/s1. The predicted octanol–water partition coefficient (Wildman–Crippen LogP) is 4.98. The number of carboxylic acid groups (broad SMARTS) is 1. The van der Waals surface area contributed by atoms with Gasteiger partial charge in [0.1, 0.15) is 6.10 Å². The molecule has 1 spiro atoms. The predicted molar refractivity (Wildman–Crippen MR) is 118 cm³/mol. The zero-order valence-electron chi connectivity index (χ0n) is 17.4. The Kier molecular flexibility index (Phi) is 5.27. The van der Waals surface area contributed by atoms with E-state index < -0.39 is 5.97 Å². The Hall–Kier alpha value is -2.37. The Morgan fingerprint density at radius 1 is 1.06 bits per heavy atom. The molecule has 2 heterocycles. The van der Waals surface area contributed by atoms with Gasteiger partial charge in [-0.1, -0.05) is 35.9 Å². The minimum atomic E-state index is -0.928. The average molecular weight is 440 g/mol. The van der Waals surface area contributed by atoms with Crippen LogP contribution in [0.5, 0.6) is 0 Å². The highest BCUT2D eigenvalue weighted by Crippen LogP contribution is 2.66. The molecule has 6 heteroatoms. The molecule has 1 aliphatic carbocycles. The maximum atomic E-state index is 12.6. The van der Waals surface area contributed by atoms with E-state index in [-0.39, 0.29) is 23.0 Å². The number of hydrogen-bond acceptors (Lipinski definition) is 3. The fraction of sp³-hybridized carbons (Fsp3) is 0.440. The maximum absolute atomic E-state index is 12.6. The molecule has 3 aliphatic rings. The third-order valence-electron chi connectivity index (χ3n) is 7.31. The molecule has 1 N–H and O–H groups in total. The molecule has 1 saturated carbocycles. The molecule has 162 valence electrons. The second kappa shape index (κ2) is 7.95. The molecule has 0 unspecified atom stereocenters. The highest BCUT2D eigenvalue weighted by molar-refractivity contribution is 6.31. The van der Waals surface area contributed by atoms with Crippen LogP contribution in [0.25, 0.3) is 11.1 Å². The van der Waals surface area contributed by atoms with E-state index >= 15 is 0 Å². The smallest absolute Gasteiger partial charge is 0.335 e. The van der Waals surface area contributed by atoms with Gasteiger partial charge in [0.25, 0.3) is 5.91 Å². The topological polar surface area (TPSA) is 66.8 Å². The van der Waals surface area contributed by atoms with E-state index in [0.717, 1.165) is 61.3 Å². The van der Waals surface area contributed by atoms with Crippen molar-refractivity contribution in [2.45, 2.75) is 44.1 Å². The number of hydrogen-bond donors (Lipinski definition) is 1. The summed E-state index contributed by atoms with van der Waals surface area (Å²) in [7, 11) is 0. The number of rotatable bonds is 4. The van der Waals surface area contributed by atoms with Crippen LogP contribution >= 0.6 is 11.6 Å². The summed E-state index contributed by atoms with van der Waals surface area (Å²) in [5, 5.41) is 9.83. The van der Waals surface area contributed by atoms with Crippen LogP contribution < -0.4 is 0 Å². The number of amides is 1. The fourth-order valence-corrected chi connectivity index (χ4v) is 5.60. The first kappa shape index (κ1) is 20.5. The highest BCUT2D eigenvalue weighted by atomic mass is 35.5. The molecule has 0 bridgehead atoms. The van der Waals surface area contributed by atoms with Crippen LogP contribution in [0.1, 0.15) is 53.9 Å². The number of aromatic carboxylic acids is 1. The number of carboxylic acids is 1. The number of piperidine rings is 1. The summed E-state index contributed by atoms with van der Waals surface area (Å²) in [5.41, 5.74) is 3.66. The molecule has 0 radical (unpaired) electrons. The molecule has 2 saturated heterocycles. The van der Waals surface area contributed by atoms with Crippen molar-refractivity contribution >= 4 is 23.5 Å². The van der Waals surface area contributed by atoms with Crippen molar-refractivity contribution in [3.63, 3.8) is 0 Å². The van der Waals surface area contributed by atoms with Crippen molar-refractivity contribution < 1.29 is 19.4 Å². The van der Waals surface area contributed by atoms with Crippen LogP contribution in [-0.2, 0) is 9.53 Å². The van der Waals surface area contributed by atoms with Gasteiger partial charge in [-0.15, -0.1) is 0 Å². The molecule has 2 aromatic carbocycles. The van der Waals surface area contributed by atoms with Gasteiger partial charge in [0.15, 0.2) is 0 Å². The monoisotopic (exact) mass is 439 g/mol. The minimum Gasteiger partial charge on any atom is -0.478 e. The summed E-state index contributed by atoms with van der Waals surface area (Å²) in [6.45, 7) is 2.32. The van der Waals surface area contributed by atoms with Crippen molar-refractivity contribution in [3.05, 3.63) is 58.6 Å². The van der Waals surface area contributed by atoms with E-state index in [0.29, 0.717) is 12.5 Å². The lowest BCUT2D eigenvalue weighted by atomic mass is 9.88. The molecule has 31 heavy (non-hydrogen) atoms. The molecular formula is C25H26ClNO4. The Morgan fingerprint density at radius 2 is 1.77 bits per heavy atom. The SMILES string of the molecule is O=C(O)c1ccc(-c2ccc([C@@H]3CC34CCN(C(=O)[C@H]3CCCO3)CC4)c(Cl)c2)cc1. The van der Waals surface area contributed by atoms with Gasteiger partial charge < -0.3 is 14.7 Å². The second-order valence-corrected chi connectivity index (χ2v) is 9.47. The Labute approximate surface area is 187 Å². The number of carbonyl (C=O) groups is 2. The van der Waals surface area contributed by atoms with Crippen LogP contribution in [0, 0.1) is 5.41 Å². The quantitative estimate of drug-likeness (QED) is 0.729. The third-order valence-corrected chi connectivity index (χ3v) is 7.63. The van der Waals surface area contributed by atoms with Gasteiger partial charge in [-0.3, -0.25) is 4.79 Å². The first-order valence-corrected chi connectivity index (χ1v) is 11.4. The first-order chi connectivity index (χ1) is 15.0. The van der Waals surface area contributed by atoms with E-state index in [1.165, 1.54) is 5.56 Å². The summed E-state index contributed by atoms with van der Waals surface area (Å²) < 4.78 is 5.57. The summed E-state index contributed by atoms with van der Waals surface area (Å²) in [5.74, 6) is -0.313. The zero-order valence-corrected chi connectivity index (χ0v) is 18.1. The molecule has 0 aromatic heterocycles. The minimum absolute atomic E-state index is 0.167. The lowest BCUT2D eigenvalue weighted by Crippen LogP contribution is -2.44. The summed E-state index contributed by atoms with van der Waals surface area (Å²) in [4.78, 5) is 25.7. The van der Waals surface area contributed by atoms with E-state index in [9.17, 15) is 9.59 Å². The fourth-order valence-electron chi connectivity index (χ4n) is 5.28. The second-order valence-electron chi connectivity index (χ2n) is 9.06. The van der Waals surface area contributed by atoms with E-state index in [1.807, 2.05) is 23.1 Å². The molecule has 2 aromatic rings. The molecule has 2 aliphatic heterocycles. The molecule has 5 nitrogen and oxygen atoms in total. The van der Waals surface area contributed by atoms with Gasteiger partial charge in [-0.2, -0.15) is 0 Å². The van der Waals surface area contributed by atoms with Gasteiger partial charge in [-0.05, 0) is 78.3 Å². The van der Waals surface area contributed by atoms with Crippen LogP contribution in [0.4, 0.5) is 0 Å². The normalized spacial score (nSPS) is 24.4. The highest BCUT2D eigenvalue weighted by Gasteiger charge is 2.56. The van der Waals surface area contributed by atoms with Gasteiger partial charge in [0.05, 0.1) is 5.56 Å². The molecule has 5 rings (SSSR count). The largest absolute Gasteiger partial charge is 0.478 e. The number of benzene rings is 2. The number of halogens is 1. The zero-order chi connectivity index (χ0) is 21.6. The Morgan fingerprint density at radius 3 is 2.39 bits per heavy atom. The van der Waals surface area contributed by atoms with E-state index in [4.69, 9.17) is 21.4 Å². The van der Waals surface area contributed by atoms with Crippen LogP contribution in [0.2, 0.25) is 5.02 Å². The van der Waals surface area contributed by atoms with Gasteiger partial charge >= 0.3 is 5.97 Å². The average Bonchev–Trinajstić information content (AvgIpc) is 3.20. The van der Waals surface area contributed by atoms with Crippen molar-refractivity contribution in [1.82, 2.24) is 4.90 Å². The van der Waals surface area contributed by atoms with Crippen LogP contribution in [0.3, 0.4) is 0 Å². The number of ether oxygens (including phenoxy) is 1. The van der Waals surface area contributed by atoms with Crippen molar-refractivity contribution in [2.75, 3.05) is 19.7 Å². The third kappa shape index (κ3) is 3.85. The van der Waals surface area contributed by atoms with E-state index in [1.54, 1.807) is 12.1 Å². The number of carbonyl (C=O) groups excluding carboxylic acids is 1. The summed E-state index contributed by atoms with van der Waals surface area (Å²) in [6, 6.07) is 13.0. The Bertz CT molecular complexity index is 1000. The number of likely N-dealkylation sites (tertiary alicyclic amines) is 1. The van der Waals surface area contributed by atoms with Crippen LogP contribution in [0.15, 0.2) is 42.5 Å². The molecule has 1 amide bonds. The summed E-state index contributed by atoms with van der Waals surface area (Å²) in [6.07, 6.45) is 4.77. The first-order valence-electron chi connectivity index (χ1n) is 11.0.